The monoisotopic (exact) mass is 384 g/mol. The highest BCUT2D eigenvalue weighted by Gasteiger charge is 2.35. The van der Waals surface area contributed by atoms with Gasteiger partial charge in [0.25, 0.3) is 0 Å². The van der Waals surface area contributed by atoms with E-state index in [0.717, 1.165) is 19.3 Å². The Kier molecular flexibility index (Phi) is 5.34. The van der Waals surface area contributed by atoms with Crippen LogP contribution in [-0.2, 0) is 11.8 Å². The van der Waals surface area contributed by atoms with E-state index in [-0.39, 0.29) is 5.41 Å². The van der Waals surface area contributed by atoms with Crippen LogP contribution in [0.4, 0.5) is 0 Å². The van der Waals surface area contributed by atoms with Crippen molar-refractivity contribution in [2.24, 2.45) is 0 Å². The summed E-state index contributed by atoms with van der Waals surface area (Å²) in [4.78, 5) is 0. The fourth-order valence-electron chi connectivity index (χ4n) is 4.98. The molecule has 150 valence electrons. The molecule has 29 heavy (non-hydrogen) atoms. The third-order valence-electron chi connectivity index (χ3n) is 7.15. The maximum atomic E-state index is 2.46. The van der Waals surface area contributed by atoms with Crippen LogP contribution in [0.1, 0.15) is 68.7 Å². The predicted molar refractivity (Wildman–Crippen MR) is 125 cm³/mol. The number of hydrogen-bond donors (Lipinski definition) is 0. The minimum absolute atomic E-state index is 0.0892. The van der Waals surface area contributed by atoms with Crippen molar-refractivity contribution in [2.45, 2.75) is 72.1 Å². The zero-order valence-electron chi connectivity index (χ0n) is 18.7. The fourth-order valence-corrected chi connectivity index (χ4v) is 4.98. The molecule has 4 rings (SSSR count). The Morgan fingerprint density at radius 1 is 0.897 bits per heavy atom. The summed E-state index contributed by atoms with van der Waals surface area (Å²) in [5, 5.41) is 2.78. The number of aryl methyl sites for hydroxylation is 3. The molecule has 0 spiro atoms. The van der Waals surface area contributed by atoms with Crippen LogP contribution in [-0.4, -0.2) is 0 Å². The Morgan fingerprint density at radius 2 is 1.66 bits per heavy atom. The van der Waals surface area contributed by atoms with E-state index in [1.54, 1.807) is 0 Å². The normalized spacial score (nSPS) is 14.5. The molecular weight excluding hydrogens is 350 g/mol. The van der Waals surface area contributed by atoms with Crippen LogP contribution in [0.2, 0.25) is 0 Å². The van der Waals surface area contributed by atoms with Crippen molar-refractivity contribution in [3.8, 4) is 11.3 Å². The van der Waals surface area contributed by atoms with Gasteiger partial charge in [0.05, 0.1) is 10.9 Å². The van der Waals surface area contributed by atoms with Gasteiger partial charge in [-0.25, -0.2) is 0 Å². The average Bonchev–Trinajstić information content (AvgIpc) is 2.87. The molecule has 0 radical (unpaired) electrons. The molecular formula is C28H34N+. The molecule has 1 nitrogen and oxygen atoms in total. The molecule has 1 aliphatic rings. The lowest BCUT2D eigenvalue weighted by Gasteiger charge is -2.29. The minimum Gasteiger partial charge on any atom is -0.166 e. The molecule has 0 fully saturated rings. The minimum atomic E-state index is 0.0892. The third-order valence-corrected chi connectivity index (χ3v) is 7.15. The molecule has 3 aromatic rings. The zero-order valence-corrected chi connectivity index (χ0v) is 18.7. The second kappa shape index (κ2) is 7.78. The third kappa shape index (κ3) is 3.21. The van der Waals surface area contributed by atoms with Crippen molar-refractivity contribution >= 4 is 17.0 Å². The van der Waals surface area contributed by atoms with Crippen LogP contribution < -0.4 is 4.57 Å². The number of pyridine rings is 1. The SMILES string of the molecule is CCCCc1cccc2c3[n+](ccc12)C=CC(CC)(CC)c1cc(C)c(C)cc1-3. The van der Waals surface area contributed by atoms with E-state index >= 15 is 0 Å². The van der Waals surface area contributed by atoms with E-state index < -0.39 is 0 Å². The van der Waals surface area contributed by atoms with Crippen molar-refractivity contribution in [3.63, 3.8) is 0 Å². The largest absolute Gasteiger partial charge is 0.226 e. The van der Waals surface area contributed by atoms with Crippen molar-refractivity contribution in [3.05, 3.63) is 70.9 Å². The molecule has 2 heterocycles. The van der Waals surface area contributed by atoms with E-state index in [1.165, 1.54) is 57.1 Å². The lowest BCUT2D eigenvalue weighted by atomic mass is 9.73. The van der Waals surface area contributed by atoms with Crippen molar-refractivity contribution < 1.29 is 4.57 Å². The molecule has 2 aromatic carbocycles. The molecule has 0 bridgehead atoms. The van der Waals surface area contributed by atoms with Gasteiger partial charge >= 0.3 is 0 Å². The summed E-state index contributed by atoms with van der Waals surface area (Å²) in [6.07, 6.45) is 12.9. The van der Waals surface area contributed by atoms with Gasteiger partial charge in [0.2, 0.25) is 5.69 Å². The zero-order chi connectivity index (χ0) is 20.6. The number of unbranched alkanes of at least 4 members (excludes halogenated alkanes) is 1. The number of rotatable bonds is 5. The summed E-state index contributed by atoms with van der Waals surface area (Å²) < 4.78 is 2.35. The van der Waals surface area contributed by atoms with E-state index in [1.807, 2.05) is 0 Å². The molecule has 0 atom stereocenters. The van der Waals surface area contributed by atoms with E-state index in [0.29, 0.717) is 0 Å². The average molecular weight is 385 g/mol. The number of fused-ring (bicyclic) bond motifs is 5. The first-order valence-corrected chi connectivity index (χ1v) is 11.3. The van der Waals surface area contributed by atoms with Gasteiger partial charge in [-0.3, -0.25) is 0 Å². The quantitative estimate of drug-likeness (QED) is 0.406. The van der Waals surface area contributed by atoms with Crippen LogP contribution >= 0.6 is 0 Å². The summed E-state index contributed by atoms with van der Waals surface area (Å²) in [5.41, 5.74) is 8.56. The second-order valence-corrected chi connectivity index (χ2v) is 8.71. The lowest BCUT2D eigenvalue weighted by molar-refractivity contribution is -0.554. The molecule has 1 heteroatoms. The van der Waals surface area contributed by atoms with Crippen LogP contribution in [0.5, 0.6) is 0 Å². The van der Waals surface area contributed by atoms with Crippen LogP contribution in [0, 0.1) is 13.8 Å². The smallest absolute Gasteiger partial charge is 0.166 e. The van der Waals surface area contributed by atoms with Crippen LogP contribution in [0.3, 0.4) is 0 Å². The Balaban J connectivity index is 2.08. The highest BCUT2D eigenvalue weighted by atomic mass is 14.9. The molecule has 0 saturated carbocycles. The Morgan fingerprint density at radius 3 is 2.38 bits per heavy atom. The number of allylic oxidation sites excluding steroid dienone is 1. The summed E-state index contributed by atoms with van der Waals surface area (Å²) in [5.74, 6) is 0. The van der Waals surface area contributed by atoms with Gasteiger partial charge in [-0.05, 0) is 85.4 Å². The van der Waals surface area contributed by atoms with Gasteiger partial charge in [0.1, 0.15) is 0 Å². The van der Waals surface area contributed by atoms with Crippen LogP contribution in [0.15, 0.2) is 48.7 Å². The summed E-state index contributed by atoms with van der Waals surface area (Å²) >= 11 is 0. The van der Waals surface area contributed by atoms with E-state index in [2.05, 4.69) is 94.1 Å². The van der Waals surface area contributed by atoms with Gasteiger partial charge in [-0.1, -0.05) is 45.4 Å². The van der Waals surface area contributed by atoms with Crippen molar-refractivity contribution in [1.82, 2.24) is 0 Å². The molecule has 1 aromatic heterocycles. The topological polar surface area (TPSA) is 3.88 Å². The Hall–Kier alpha value is -2.41. The Labute approximate surface area is 176 Å². The second-order valence-electron chi connectivity index (χ2n) is 8.71. The molecule has 0 amide bonds. The number of nitrogens with zero attached hydrogens (tertiary/aromatic N) is 1. The first-order chi connectivity index (χ1) is 14.0. The maximum Gasteiger partial charge on any atom is 0.226 e. The van der Waals surface area contributed by atoms with Gasteiger partial charge in [0.15, 0.2) is 12.4 Å². The first-order valence-electron chi connectivity index (χ1n) is 11.3. The molecule has 0 unspecified atom stereocenters. The number of benzene rings is 2. The van der Waals surface area contributed by atoms with E-state index in [9.17, 15) is 0 Å². The molecule has 0 saturated heterocycles. The van der Waals surface area contributed by atoms with Crippen molar-refractivity contribution in [1.29, 1.82) is 0 Å². The highest BCUT2D eigenvalue weighted by Crippen LogP contribution is 2.43. The van der Waals surface area contributed by atoms with Gasteiger partial charge in [0, 0.05) is 11.5 Å². The summed E-state index contributed by atoms with van der Waals surface area (Å²) in [6, 6.07) is 14.1. The standard InChI is InChI=1S/C28H34N/c1-6-9-11-22-12-10-13-24-23(22)14-16-29-17-15-28(7-2,8-3)26-19-21(5)20(4)18-25(26)27(24)29/h10,12-19H,6-9,11H2,1-5H3/q+1. The summed E-state index contributed by atoms with van der Waals surface area (Å²) in [6.45, 7) is 11.4. The van der Waals surface area contributed by atoms with Crippen molar-refractivity contribution in [2.75, 3.05) is 0 Å². The fraction of sp³-hybridized carbons (Fsp3) is 0.393. The highest BCUT2D eigenvalue weighted by molar-refractivity contribution is 5.96. The molecule has 0 N–H and O–H groups in total. The molecule has 0 aliphatic carbocycles. The maximum absolute atomic E-state index is 2.46. The molecule has 1 aliphatic heterocycles. The number of aromatic nitrogens is 1. The lowest BCUT2D eigenvalue weighted by Crippen LogP contribution is -2.28. The van der Waals surface area contributed by atoms with Gasteiger partial charge < -0.3 is 0 Å². The van der Waals surface area contributed by atoms with Gasteiger partial charge in [-0.2, -0.15) is 4.57 Å². The van der Waals surface area contributed by atoms with Crippen LogP contribution in [0.25, 0.3) is 28.2 Å². The van der Waals surface area contributed by atoms with E-state index in [4.69, 9.17) is 0 Å². The Bertz CT molecular complexity index is 1080. The summed E-state index contributed by atoms with van der Waals surface area (Å²) in [7, 11) is 0. The first kappa shape index (κ1) is 19.9. The number of hydrogen-bond acceptors (Lipinski definition) is 0. The predicted octanol–water partition coefficient (Wildman–Crippen LogP) is 7.30. The van der Waals surface area contributed by atoms with Gasteiger partial charge in [-0.15, -0.1) is 0 Å².